The van der Waals surface area contributed by atoms with Crippen LogP contribution in [0.4, 0.5) is 0 Å². The van der Waals surface area contributed by atoms with E-state index in [4.69, 9.17) is 9.15 Å². The monoisotopic (exact) mass is 422 g/mol. The SMILES string of the molecule is O=C1CC(c2ccsc2)c2c(cc(O)c3c(=O)cc(-c4ccc(O)c(O)c4)oc23)O1. The molecule has 1 aliphatic rings. The van der Waals surface area contributed by atoms with Gasteiger partial charge < -0.3 is 24.5 Å². The average molecular weight is 422 g/mol. The first-order chi connectivity index (χ1) is 14.4. The second kappa shape index (κ2) is 6.64. The molecule has 0 amide bonds. The standard InChI is InChI=1S/C22H14O7S/c23-13-2-1-10(5-14(13)24)17-7-15(25)21-16(26)8-18-20(22(21)29-17)12(6-19(27)28-18)11-3-4-30-9-11/h1-5,7-9,12,23-24,26H,6H2. The molecule has 0 spiro atoms. The van der Waals surface area contributed by atoms with Crippen molar-refractivity contribution in [3.05, 3.63) is 68.5 Å². The van der Waals surface area contributed by atoms with E-state index >= 15 is 0 Å². The molecule has 0 saturated carbocycles. The average Bonchev–Trinajstić information content (AvgIpc) is 3.23. The molecule has 4 aromatic rings. The second-order valence-corrected chi connectivity index (χ2v) is 7.76. The largest absolute Gasteiger partial charge is 0.507 e. The van der Waals surface area contributed by atoms with E-state index in [9.17, 15) is 24.9 Å². The molecule has 8 heteroatoms. The lowest BCUT2D eigenvalue weighted by Gasteiger charge is -2.25. The Morgan fingerprint density at radius 1 is 0.967 bits per heavy atom. The van der Waals surface area contributed by atoms with Crippen LogP contribution >= 0.6 is 11.3 Å². The lowest BCUT2D eigenvalue weighted by Crippen LogP contribution is -2.21. The van der Waals surface area contributed by atoms with Crippen molar-refractivity contribution in [1.29, 1.82) is 0 Å². The third kappa shape index (κ3) is 2.81. The number of benzene rings is 2. The number of carbonyl (C=O) groups excluding carboxylic acids is 1. The molecule has 0 bridgehead atoms. The predicted octanol–water partition coefficient (Wildman–Crippen LogP) is 4.08. The second-order valence-electron chi connectivity index (χ2n) is 6.98. The minimum absolute atomic E-state index is 0.0151. The Balaban J connectivity index is 1.83. The number of thiophene rings is 1. The van der Waals surface area contributed by atoms with Crippen molar-refractivity contribution in [3.8, 4) is 34.3 Å². The van der Waals surface area contributed by atoms with Crippen LogP contribution in [0.2, 0.25) is 0 Å². The lowest BCUT2D eigenvalue weighted by atomic mass is 9.86. The molecule has 3 N–H and O–H groups in total. The molecule has 150 valence electrons. The van der Waals surface area contributed by atoms with E-state index in [2.05, 4.69) is 0 Å². The fraction of sp³-hybridized carbons (Fsp3) is 0.0909. The number of hydrogen-bond donors (Lipinski definition) is 3. The van der Waals surface area contributed by atoms with Gasteiger partial charge in [-0.1, -0.05) is 0 Å². The van der Waals surface area contributed by atoms with Crippen LogP contribution in [0.3, 0.4) is 0 Å². The van der Waals surface area contributed by atoms with Gasteiger partial charge in [0.05, 0.1) is 6.42 Å². The summed E-state index contributed by atoms with van der Waals surface area (Å²) in [5, 5.41) is 33.6. The van der Waals surface area contributed by atoms with Gasteiger partial charge in [0, 0.05) is 29.2 Å². The molecule has 30 heavy (non-hydrogen) atoms. The molecule has 3 heterocycles. The third-order valence-corrected chi connectivity index (χ3v) is 5.83. The number of aromatic hydroxyl groups is 3. The van der Waals surface area contributed by atoms with Crippen molar-refractivity contribution in [3.63, 3.8) is 0 Å². The van der Waals surface area contributed by atoms with Crippen LogP contribution in [0.25, 0.3) is 22.3 Å². The Kier molecular flexibility index (Phi) is 4.04. The molecule has 2 aromatic carbocycles. The number of hydrogen-bond acceptors (Lipinski definition) is 8. The van der Waals surface area contributed by atoms with Crippen LogP contribution in [0.5, 0.6) is 23.0 Å². The minimum atomic E-state index is -0.486. The normalized spacial score (nSPS) is 15.7. The number of ether oxygens (including phenoxy) is 1. The number of rotatable bonds is 2. The van der Waals surface area contributed by atoms with Gasteiger partial charge in [0.25, 0.3) is 0 Å². The maximum atomic E-state index is 12.9. The van der Waals surface area contributed by atoms with E-state index in [0.717, 1.165) is 5.56 Å². The lowest BCUT2D eigenvalue weighted by molar-refractivity contribution is -0.135. The molecular weight excluding hydrogens is 408 g/mol. The first-order valence-electron chi connectivity index (χ1n) is 9.01. The van der Waals surface area contributed by atoms with Gasteiger partial charge in [-0.2, -0.15) is 11.3 Å². The quantitative estimate of drug-likeness (QED) is 0.253. The molecule has 7 nitrogen and oxygen atoms in total. The zero-order valence-electron chi connectivity index (χ0n) is 15.3. The van der Waals surface area contributed by atoms with E-state index in [1.807, 2.05) is 16.8 Å². The van der Waals surface area contributed by atoms with Gasteiger partial charge in [-0.15, -0.1) is 0 Å². The highest BCUT2D eigenvalue weighted by molar-refractivity contribution is 7.08. The van der Waals surface area contributed by atoms with Crippen molar-refractivity contribution in [2.75, 3.05) is 0 Å². The summed E-state index contributed by atoms with van der Waals surface area (Å²) in [4.78, 5) is 25.0. The van der Waals surface area contributed by atoms with Gasteiger partial charge in [0.1, 0.15) is 28.2 Å². The molecule has 1 unspecified atom stereocenters. The van der Waals surface area contributed by atoms with Crippen molar-refractivity contribution in [2.45, 2.75) is 12.3 Å². The molecule has 5 rings (SSSR count). The summed E-state index contributed by atoms with van der Waals surface area (Å²) in [5.41, 5.74) is 1.37. The topological polar surface area (TPSA) is 117 Å². The third-order valence-electron chi connectivity index (χ3n) is 5.13. The summed E-state index contributed by atoms with van der Waals surface area (Å²) < 4.78 is 11.4. The van der Waals surface area contributed by atoms with Gasteiger partial charge in [-0.3, -0.25) is 9.59 Å². The summed E-state index contributed by atoms with van der Waals surface area (Å²) in [6.45, 7) is 0. The summed E-state index contributed by atoms with van der Waals surface area (Å²) in [7, 11) is 0. The van der Waals surface area contributed by atoms with Gasteiger partial charge >= 0.3 is 5.97 Å². The summed E-state index contributed by atoms with van der Waals surface area (Å²) in [5.74, 6) is -1.59. The fourth-order valence-electron chi connectivity index (χ4n) is 3.74. The Morgan fingerprint density at radius 2 is 1.80 bits per heavy atom. The van der Waals surface area contributed by atoms with E-state index in [1.54, 1.807) is 0 Å². The van der Waals surface area contributed by atoms with Crippen molar-refractivity contribution in [2.24, 2.45) is 0 Å². The molecule has 0 fully saturated rings. The van der Waals surface area contributed by atoms with Crippen LogP contribution in [0, 0.1) is 0 Å². The first-order valence-corrected chi connectivity index (χ1v) is 9.95. The van der Waals surface area contributed by atoms with Gasteiger partial charge in [-0.05, 0) is 40.6 Å². The molecule has 1 aliphatic heterocycles. The highest BCUT2D eigenvalue weighted by Crippen LogP contribution is 2.46. The fourth-order valence-corrected chi connectivity index (χ4v) is 4.45. The Hall–Kier alpha value is -3.78. The smallest absolute Gasteiger partial charge is 0.312 e. The highest BCUT2D eigenvalue weighted by Gasteiger charge is 2.33. The Morgan fingerprint density at radius 3 is 2.53 bits per heavy atom. The van der Waals surface area contributed by atoms with Crippen molar-refractivity contribution in [1.82, 2.24) is 0 Å². The Bertz CT molecular complexity index is 1370. The number of phenolic OH excluding ortho intramolecular Hbond substituents is 3. The number of phenols is 3. The maximum absolute atomic E-state index is 12.9. The van der Waals surface area contributed by atoms with Crippen LogP contribution in [-0.2, 0) is 4.79 Å². The van der Waals surface area contributed by atoms with E-state index in [1.165, 1.54) is 41.7 Å². The van der Waals surface area contributed by atoms with Crippen molar-refractivity contribution < 1.29 is 29.3 Å². The zero-order valence-corrected chi connectivity index (χ0v) is 16.1. The summed E-state index contributed by atoms with van der Waals surface area (Å²) in [6, 6.07) is 8.39. The number of esters is 1. The molecule has 2 aromatic heterocycles. The highest BCUT2D eigenvalue weighted by atomic mass is 32.1. The molecular formula is C22H14O7S. The van der Waals surface area contributed by atoms with Crippen LogP contribution in [0.15, 0.2) is 56.4 Å². The molecule has 1 atom stereocenters. The van der Waals surface area contributed by atoms with E-state index < -0.39 is 17.3 Å². The zero-order chi connectivity index (χ0) is 21.0. The van der Waals surface area contributed by atoms with E-state index in [0.29, 0.717) is 11.1 Å². The maximum Gasteiger partial charge on any atom is 0.312 e. The van der Waals surface area contributed by atoms with Crippen LogP contribution in [0.1, 0.15) is 23.5 Å². The summed E-state index contributed by atoms with van der Waals surface area (Å²) >= 11 is 1.48. The van der Waals surface area contributed by atoms with Crippen LogP contribution in [-0.4, -0.2) is 21.3 Å². The minimum Gasteiger partial charge on any atom is -0.507 e. The van der Waals surface area contributed by atoms with Crippen LogP contribution < -0.4 is 10.2 Å². The number of carbonyl (C=O) groups is 1. The van der Waals surface area contributed by atoms with Gasteiger partial charge in [0.2, 0.25) is 0 Å². The summed E-state index contributed by atoms with van der Waals surface area (Å²) in [6.07, 6.45) is 0.0670. The van der Waals surface area contributed by atoms with E-state index in [-0.39, 0.29) is 46.1 Å². The van der Waals surface area contributed by atoms with Crippen molar-refractivity contribution >= 4 is 28.3 Å². The first kappa shape index (κ1) is 18.3. The van der Waals surface area contributed by atoms with Gasteiger partial charge in [0.15, 0.2) is 16.9 Å². The molecule has 0 aliphatic carbocycles. The molecule has 0 saturated heterocycles. The molecule has 0 radical (unpaired) electrons. The number of fused-ring (bicyclic) bond motifs is 3. The van der Waals surface area contributed by atoms with Gasteiger partial charge in [-0.25, -0.2) is 0 Å². The predicted molar refractivity (Wildman–Crippen MR) is 109 cm³/mol. The Labute approximate surface area is 173 Å².